The summed E-state index contributed by atoms with van der Waals surface area (Å²) in [6.07, 6.45) is 6.88. The zero-order chi connectivity index (χ0) is 15.0. The number of esters is 1. The number of hydrogen-bond acceptors (Lipinski definition) is 4. The molecule has 0 aliphatic heterocycles. The van der Waals surface area contributed by atoms with Crippen LogP contribution in [0.4, 0.5) is 0 Å². The highest BCUT2D eigenvalue weighted by Crippen LogP contribution is 2.06. The maximum atomic E-state index is 11.8. The standard InChI is InChI=1S/C15H20N2O3/c1-11(2)9-13(15(19)20-3)17-14(18)7-6-12-5-4-8-16-10-12/h4-8,10-11,13H,9H2,1-3H3,(H,17,18)/b7-6+. The quantitative estimate of drug-likeness (QED) is 0.635. The van der Waals surface area contributed by atoms with Crippen LogP contribution >= 0.6 is 0 Å². The van der Waals surface area contributed by atoms with E-state index in [4.69, 9.17) is 0 Å². The van der Waals surface area contributed by atoms with Crippen molar-refractivity contribution in [3.63, 3.8) is 0 Å². The van der Waals surface area contributed by atoms with Crippen LogP contribution < -0.4 is 5.32 Å². The summed E-state index contributed by atoms with van der Waals surface area (Å²) < 4.78 is 4.69. The lowest BCUT2D eigenvalue weighted by Gasteiger charge is -2.17. The fraction of sp³-hybridized carbons (Fsp3) is 0.400. The summed E-state index contributed by atoms with van der Waals surface area (Å²) in [5.74, 6) is -0.478. The summed E-state index contributed by atoms with van der Waals surface area (Å²) in [5.41, 5.74) is 0.820. The number of hydrogen-bond donors (Lipinski definition) is 1. The van der Waals surface area contributed by atoms with Gasteiger partial charge in [0.25, 0.3) is 0 Å². The first-order chi connectivity index (χ1) is 9.52. The minimum absolute atomic E-state index is 0.279. The van der Waals surface area contributed by atoms with Gasteiger partial charge in [-0.15, -0.1) is 0 Å². The summed E-state index contributed by atoms with van der Waals surface area (Å²) in [6.45, 7) is 3.96. The summed E-state index contributed by atoms with van der Waals surface area (Å²) in [7, 11) is 1.31. The molecule has 0 aliphatic rings. The van der Waals surface area contributed by atoms with Crippen LogP contribution in [0.5, 0.6) is 0 Å². The summed E-state index contributed by atoms with van der Waals surface area (Å²) in [6, 6.07) is 3.00. The number of pyridine rings is 1. The number of methoxy groups -OCH3 is 1. The van der Waals surface area contributed by atoms with Gasteiger partial charge in [-0.05, 0) is 30.0 Å². The molecule has 1 N–H and O–H groups in total. The molecule has 0 saturated carbocycles. The third kappa shape index (κ3) is 5.65. The fourth-order valence-corrected chi connectivity index (χ4v) is 1.69. The largest absolute Gasteiger partial charge is 0.467 e. The van der Waals surface area contributed by atoms with Crippen molar-refractivity contribution in [1.29, 1.82) is 0 Å². The van der Waals surface area contributed by atoms with E-state index in [1.165, 1.54) is 13.2 Å². The van der Waals surface area contributed by atoms with Gasteiger partial charge >= 0.3 is 5.97 Å². The maximum absolute atomic E-state index is 11.8. The van der Waals surface area contributed by atoms with E-state index in [0.29, 0.717) is 6.42 Å². The van der Waals surface area contributed by atoms with Crippen molar-refractivity contribution in [3.05, 3.63) is 36.2 Å². The normalized spacial score (nSPS) is 12.4. The molecule has 1 aromatic heterocycles. The average Bonchev–Trinajstić information content (AvgIpc) is 2.44. The Balaban J connectivity index is 2.62. The molecule has 5 nitrogen and oxygen atoms in total. The first-order valence-corrected chi connectivity index (χ1v) is 6.49. The molecular weight excluding hydrogens is 256 g/mol. The molecule has 5 heteroatoms. The lowest BCUT2D eigenvalue weighted by molar-refractivity contribution is -0.145. The number of ether oxygens (including phenoxy) is 1. The molecule has 1 unspecified atom stereocenters. The van der Waals surface area contributed by atoms with Gasteiger partial charge < -0.3 is 10.1 Å². The van der Waals surface area contributed by atoms with Crippen LogP contribution in [0.2, 0.25) is 0 Å². The lowest BCUT2D eigenvalue weighted by atomic mass is 10.0. The maximum Gasteiger partial charge on any atom is 0.328 e. The number of nitrogens with zero attached hydrogens (tertiary/aromatic N) is 1. The minimum atomic E-state index is -0.619. The van der Waals surface area contributed by atoms with E-state index >= 15 is 0 Å². The minimum Gasteiger partial charge on any atom is -0.467 e. The molecule has 1 heterocycles. The van der Waals surface area contributed by atoms with Crippen LogP contribution in [0.1, 0.15) is 25.8 Å². The number of carbonyl (C=O) groups is 2. The lowest BCUT2D eigenvalue weighted by Crippen LogP contribution is -2.41. The Kier molecular flexibility index (Phi) is 6.43. The van der Waals surface area contributed by atoms with Gasteiger partial charge in [-0.2, -0.15) is 0 Å². The second kappa shape index (κ2) is 8.09. The third-order valence-corrected chi connectivity index (χ3v) is 2.62. The summed E-state index contributed by atoms with van der Waals surface area (Å²) in [4.78, 5) is 27.3. The molecule has 0 spiro atoms. The molecule has 0 aromatic carbocycles. The number of nitrogens with one attached hydrogen (secondary N) is 1. The predicted octanol–water partition coefficient (Wildman–Crippen LogP) is 1.80. The molecule has 0 bridgehead atoms. The number of rotatable bonds is 6. The molecule has 1 aromatic rings. The Labute approximate surface area is 119 Å². The molecule has 0 fully saturated rings. The Hall–Kier alpha value is -2.17. The zero-order valence-corrected chi connectivity index (χ0v) is 12.0. The van der Waals surface area contributed by atoms with E-state index in [1.54, 1.807) is 24.5 Å². The summed E-state index contributed by atoms with van der Waals surface area (Å²) >= 11 is 0. The van der Waals surface area contributed by atoms with Gasteiger partial charge in [0.15, 0.2) is 0 Å². The SMILES string of the molecule is COC(=O)C(CC(C)C)NC(=O)/C=C/c1cccnc1. The van der Waals surface area contributed by atoms with Crippen molar-refractivity contribution < 1.29 is 14.3 Å². The molecule has 0 saturated heterocycles. The van der Waals surface area contributed by atoms with Crippen LogP contribution in [0.3, 0.4) is 0 Å². The first-order valence-electron chi connectivity index (χ1n) is 6.49. The smallest absolute Gasteiger partial charge is 0.328 e. The van der Waals surface area contributed by atoms with Crippen molar-refractivity contribution in [2.75, 3.05) is 7.11 Å². The highest BCUT2D eigenvalue weighted by Gasteiger charge is 2.21. The molecule has 1 amide bonds. The Morgan fingerprint density at radius 2 is 2.20 bits per heavy atom. The van der Waals surface area contributed by atoms with Crippen molar-refractivity contribution >= 4 is 18.0 Å². The highest BCUT2D eigenvalue weighted by atomic mass is 16.5. The second-order valence-electron chi connectivity index (χ2n) is 4.83. The van der Waals surface area contributed by atoms with Gasteiger partial charge in [-0.1, -0.05) is 19.9 Å². The summed E-state index contributed by atoms with van der Waals surface area (Å²) in [5, 5.41) is 2.65. The van der Waals surface area contributed by atoms with Gasteiger partial charge in [-0.3, -0.25) is 9.78 Å². The van der Waals surface area contributed by atoms with Crippen molar-refractivity contribution in [1.82, 2.24) is 10.3 Å². The Morgan fingerprint density at radius 1 is 1.45 bits per heavy atom. The van der Waals surface area contributed by atoms with Gasteiger partial charge in [0.2, 0.25) is 5.91 Å². The van der Waals surface area contributed by atoms with E-state index in [9.17, 15) is 9.59 Å². The van der Waals surface area contributed by atoms with Gasteiger partial charge in [-0.25, -0.2) is 4.79 Å². The molecule has 1 rings (SSSR count). The van der Waals surface area contributed by atoms with Gasteiger partial charge in [0.1, 0.15) is 6.04 Å². The topological polar surface area (TPSA) is 68.3 Å². The van der Waals surface area contributed by atoms with E-state index < -0.39 is 12.0 Å². The average molecular weight is 276 g/mol. The van der Waals surface area contributed by atoms with Gasteiger partial charge in [0.05, 0.1) is 7.11 Å². The molecular formula is C15H20N2O3. The number of aromatic nitrogens is 1. The van der Waals surface area contributed by atoms with E-state index in [-0.39, 0.29) is 11.8 Å². The molecule has 108 valence electrons. The molecule has 0 radical (unpaired) electrons. The first kappa shape index (κ1) is 15.9. The van der Waals surface area contributed by atoms with E-state index in [1.807, 2.05) is 19.9 Å². The second-order valence-corrected chi connectivity index (χ2v) is 4.83. The number of carbonyl (C=O) groups excluding carboxylic acids is 2. The molecule has 20 heavy (non-hydrogen) atoms. The van der Waals surface area contributed by atoms with Crippen molar-refractivity contribution in [3.8, 4) is 0 Å². The Morgan fingerprint density at radius 3 is 2.75 bits per heavy atom. The fourth-order valence-electron chi connectivity index (χ4n) is 1.69. The monoisotopic (exact) mass is 276 g/mol. The van der Waals surface area contributed by atoms with Crippen LogP contribution in [-0.4, -0.2) is 30.0 Å². The molecule has 0 aliphatic carbocycles. The van der Waals surface area contributed by atoms with E-state index in [0.717, 1.165) is 5.56 Å². The van der Waals surface area contributed by atoms with Crippen LogP contribution in [0.25, 0.3) is 6.08 Å². The zero-order valence-electron chi connectivity index (χ0n) is 12.0. The highest BCUT2D eigenvalue weighted by molar-refractivity contribution is 5.94. The van der Waals surface area contributed by atoms with Crippen molar-refractivity contribution in [2.45, 2.75) is 26.3 Å². The van der Waals surface area contributed by atoms with Crippen LogP contribution in [0, 0.1) is 5.92 Å². The predicted molar refractivity (Wildman–Crippen MR) is 76.7 cm³/mol. The van der Waals surface area contributed by atoms with Crippen molar-refractivity contribution in [2.24, 2.45) is 5.92 Å². The number of amides is 1. The van der Waals surface area contributed by atoms with Crippen LogP contribution in [0.15, 0.2) is 30.6 Å². The van der Waals surface area contributed by atoms with Crippen LogP contribution in [-0.2, 0) is 14.3 Å². The van der Waals surface area contributed by atoms with E-state index in [2.05, 4.69) is 15.0 Å². The molecule has 1 atom stereocenters. The third-order valence-electron chi connectivity index (χ3n) is 2.62. The Bertz CT molecular complexity index is 469. The van der Waals surface area contributed by atoms with Gasteiger partial charge in [0, 0.05) is 18.5 Å².